The number of ether oxygens (including phenoxy) is 2. The van der Waals surface area contributed by atoms with E-state index in [1.54, 1.807) is 11.3 Å². The molecule has 0 saturated carbocycles. The van der Waals surface area contributed by atoms with Crippen molar-refractivity contribution >= 4 is 27.3 Å². The van der Waals surface area contributed by atoms with Crippen molar-refractivity contribution in [3.8, 4) is 11.5 Å². The van der Waals surface area contributed by atoms with Crippen molar-refractivity contribution in [2.24, 2.45) is 5.92 Å². The van der Waals surface area contributed by atoms with Gasteiger partial charge in [-0.2, -0.15) is 0 Å². The minimum absolute atomic E-state index is 0.155. The van der Waals surface area contributed by atoms with Gasteiger partial charge in [-0.05, 0) is 57.7 Å². The number of hydrogen-bond donors (Lipinski definition) is 1. The Labute approximate surface area is 137 Å². The average Bonchev–Trinajstić information content (AvgIpc) is 2.81. The molecule has 0 amide bonds. The molecule has 2 aromatic rings. The third kappa shape index (κ3) is 3.25. The molecule has 3 nitrogen and oxygen atoms in total. The smallest absolute Gasteiger partial charge is 0.161 e. The Morgan fingerprint density at radius 3 is 2.62 bits per heavy atom. The fourth-order valence-corrected chi connectivity index (χ4v) is 3.65. The highest BCUT2D eigenvalue weighted by Crippen LogP contribution is 2.36. The normalized spacial score (nSPS) is 19.1. The maximum Gasteiger partial charge on any atom is 0.161 e. The second-order valence-corrected chi connectivity index (χ2v) is 7.63. The average molecular weight is 368 g/mol. The second-order valence-electron chi connectivity index (χ2n) is 5.34. The molecule has 1 aromatic carbocycles. The first-order valence-corrected chi connectivity index (χ1v) is 8.65. The zero-order valence-electron chi connectivity index (χ0n) is 12.1. The van der Waals surface area contributed by atoms with Gasteiger partial charge in [0.05, 0.1) is 23.0 Å². The van der Waals surface area contributed by atoms with Crippen LogP contribution in [0.4, 0.5) is 0 Å². The van der Waals surface area contributed by atoms with Crippen molar-refractivity contribution in [1.82, 2.24) is 5.32 Å². The molecule has 0 fully saturated rings. The molecular weight excluding hydrogens is 350 g/mol. The van der Waals surface area contributed by atoms with E-state index in [0.29, 0.717) is 19.1 Å². The molecule has 1 aliphatic rings. The van der Waals surface area contributed by atoms with Gasteiger partial charge in [0.1, 0.15) is 0 Å². The summed E-state index contributed by atoms with van der Waals surface area (Å²) < 4.78 is 12.8. The summed E-state index contributed by atoms with van der Waals surface area (Å²) in [6, 6.07) is 8.50. The summed E-state index contributed by atoms with van der Waals surface area (Å²) in [4.78, 5) is 0. The Kier molecular flexibility index (Phi) is 4.52. The fourth-order valence-electron chi connectivity index (χ4n) is 2.45. The largest absolute Gasteiger partial charge is 0.489 e. The molecule has 5 heteroatoms. The topological polar surface area (TPSA) is 30.5 Å². The summed E-state index contributed by atoms with van der Waals surface area (Å²) in [5.74, 6) is 2.09. The summed E-state index contributed by atoms with van der Waals surface area (Å²) in [6.45, 7) is 3.54. The molecule has 2 unspecified atom stereocenters. The maximum absolute atomic E-state index is 5.88. The van der Waals surface area contributed by atoms with Crippen molar-refractivity contribution in [3.63, 3.8) is 0 Å². The number of benzene rings is 1. The lowest BCUT2D eigenvalue weighted by molar-refractivity contribution is 0.228. The molecule has 1 N–H and O–H groups in total. The third-order valence-corrected chi connectivity index (χ3v) is 5.08. The highest BCUT2D eigenvalue weighted by atomic mass is 79.9. The summed E-state index contributed by atoms with van der Waals surface area (Å²) in [5, 5.41) is 5.53. The standard InChI is InChI=1S/C16H18BrNO2S/c1-10-7-19-13-4-3-11(5-14(13)20-8-10)16(18-2)12-6-15(17)21-9-12/h3-6,9-10,16,18H,7-8H2,1-2H3. The van der Waals surface area contributed by atoms with Crippen LogP contribution in [0.25, 0.3) is 0 Å². The number of hydrogen-bond acceptors (Lipinski definition) is 4. The van der Waals surface area contributed by atoms with Crippen molar-refractivity contribution in [2.45, 2.75) is 13.0 Å². The SMILES string of the molecule is CNC(c1csc(Br)c1)c1ccc2c(c1)OCC(C)CO2. The van der Waals surface area contributed by atoms with Crippen LogP contribution in [0.2, 0.25) is 0 Å². The Morgan fingerprint density at radius 1 is 1.19 bits per heavy atom. The predicted octanol–water partition coefficient (Wildman–Crippen LogP) is 4.23. The Hall–Kier alpha value is -1.04. The Morgan fingerprint density at radius 2 is 1.95 bits per heavy atom. The lowest BCUT2D eigenvalue weighted by Gasteiger charge is -2.17. The predicted molar refractivity (Wildman–Crippen MR) is 89.5 cm³/mol. The molecule has 21 heavy (non-hydrogen) atoms. The zero-order valence-corrected chi connectivity index (χ0v) is 14.5. The van der Waals surface area contributed by atoms with E-state index in [1.165, 1.54) is 11.1 Å². The van der Waals surface area contributed by atoms with Gasteiger partial charge in [0, 0.05) is 5.92 Å². The van der Waals surface area contributed by atoms with Crippen LogP contribution < -0.4 is 14.8 Å². The van der Waals surface area contributed by atoms with Gasteiger partial charge in [-0.1, -0.05) is 13.0 Å². The highest BCUT2D eigenvalue weighted by molar-refractivity contribution is 9.11. The van der Waals surface area contributed by atoms with Crippen molar-refractivity contribution < 1.29 is 9.47 Å². The minimum Gasteiger partial charge on any atom is -0.489 e. The van der Waals surface area contributed by atoms with E-state index in [-0.39, 0.29) is 6.04 Å². The van der Waals surface area contributed by atoms with Crippen LogP contribution in [0.15, 0.2) is 33.4 Å². The number of fused-ring (bicyclic) bond motifs is 1. The molecular formula is C16H18BrNO2S. The van der Waals surface area contributed by atoms with Gasteiger partial charge in [-0.3, -0.25) is 0 Å². The van der Waals surface area contributed by atoms with Crippen molar-refractivity contribution in [3.05, 3.63) is 44.6 Å². The van der Waals surface area contributed by atoms with E-state index < -0.39 is 0 Å². The van der Waals surface area contributed by atoms with Crippen LogP contribution in [-0.4, -0.2) is 20.3 Å². The number of thiophene rings is 1. The highest BCUT2D eigenvalue weighted by Gasteiger charge is 2.19. The monoisotopic (exact) mass is 367 g/mol. The fraction of sp³-hybridized carbons (Fsp3) is 0.375. The van der Waals surface area contributed by atoms with Crippen molar-refractivity contribution in [2.75, 3.05) is 20.3 Å². The first-order valence-electron chi connectivity index (χ1n) is 6.98. The zero-order chi connectivity index (χ0) is 14.8. The van der Waals surface area contributed by atoms with Crippen LogP contribution in [-0.2, 0) is 0 Å². The Balaban J connectivity index is 1.92. The van der Waals surface area contributed by atoms with Crippen LogP contribution in [0.1, 0.15) is 24.1 Å². The molecule has 1 aliphatic heterocycles. The molecule has 0 aliphatic carbocycles. The Bertz CT molecular complexity index is 628. The van der Waals surface area contributed by atoms with Crippen molar-refractivity contribution in [1.29, 1.82) is 0 Å². The molecule has 0 bridgehead atoms. The minimum atomic E-state index is 0.155. The summed E-state index contributed by atoms with van der Waals surface area (Å²) in [7, 11) is 1.97. The summed E-state index contributed by atoms with van der Waals surface area (Å²) >= 11 is 5.22. The van der Waals surface area contributed by atoms with Gasteiger partial charge < -0.3 is 14.8 Å². The first-order chi connectivity index (χ1) is 10.2. The van der Waals surface area contributed by atoms with E-state index in [1.807, 2.05) is 13.1 Å². The van der Waals surface area contributed by atoms with Crippen LogP contribution in [0.5, 0.6) is 11.5 Å². The lowest BCUT2D eigenvalue weighted by Crippen LogP contribution is -2.17. The van der Waals surface area contributed by atoms with Gasteiger partial charge in [0.25, 0.3) is 0 Å². The lowest BCUT2D eigenvalue weighted by atomic mass is 10.0. The number of nitrogens with one attached hydrogen (secondary N) is 1. The van der Waals surface area contributed by atoms with E-state index in [0.717, 1.165) is 15.3 Å². The van der Waals surface area contributed by atoms with E-state index in [9.17, 15) is 0 Å². The molecule has 112 valence electrons. The van der Waals surface area contributed by atoms with Gasteiger partial charge in [0.15, 0.2) is 11.5 Å². The molecule has 3 rings (SSSR count). The van der Waals surface area contributed by atoms with Crippen LogP contribution in [0, 0.1) is 5.92 Å². The van der Waals surface area contributed by atoms with E-state index in [2.05, 4.69) is 51.7 Å². The van der Waals surface area contributed by atoms with Gasteiger partial charge in [0.2, 0.25) is 0 Å². The summed E-state index contributed by atoms with van der Waals surface area (Å²) in [6.07, 6.45) is 0. The number of halogens is 1. The van der Waals surface area contributed by atoms with E-state index in [4.69, 9.17) is 9.47 Å². The number of rotatable bonds is 3. The third-order valence-electron chi connectivity index (χ3n) is 3.56. The van der Waals surface area contributed by atoms with Gasteiger partial charge in [-0.25, -0.2) is 0 Å². The molecule has 0 radical (unpaired) electrons. The first kappa shape index (κ1) is 14.9. The second kappa shape index (κ2) is 6.38. The maximum atomic E-state index is 5.88. The van der Waals surface area contributed by atoms with Gasteiger partial charge in [-0.15, -0.1) is 11.3 Å². The van der Waals surface area contributed by atoms with Gasteiger partial charge >= 0.3 is 0 Å². The van der Waals surface area contributed by atoms with Crippen LogP contribution in [0.3, 0.4) is 0 Å². The molecule has 2 atom stereocenters. The van der Waals surface area contributed by atoms with Crippen LogP contribution >= 0.6 is 27.3 Å². The molecule has 0 saturated heterocycles. The molecule has 1 aromatic heterocycles. The molecule has 0 spiro atoms. The molecule has 2 heterocycles. The quantitative estimate of drug-likeness (QED) is 0.880. The van der Waals surface area contributed by atoms with E-state index >= 15 is 0 Å². The summed E-state index contributed by atoms with van der Waals surface area (Å²) in [5.41, 5.74) is 2.43.